The number of aliphatic hydroxyl groups excluding tert-OH is 1. The molecule has 152 valence electrons. The summed E-state index contributed by atoms with van der Waals surface area (Å²) in [5.74, 6) is 1.35. The number of morpholine rings is 1. The number of thioether (sulfide) groups is 1. The number of hydrogen-bond donors (Lipinski definition) is 1. The maximum Gasteiger partial charge on any atom is 0.191 e. The van der Waals surface area contributed by atoms with Crippen LogP contribution in [0.3, 0.4) is 0 Å². The zero-order valence-electron chi connectivity index (χ0n) is 16.2. The Balaban J connectivity index is 1.49. The number of aromatic nitrogens is 4. The molecule has 1 N–H and O–H groups in total. The first-order valence-electron chi connectivity index (χ1n) is 9.78. The standard InChI is InChI=1S/C21H25N5O2S/c27-19(15-25-9-11-28-12-10-25)16-29-21-24-23-20(18-7-4-8-22-13-18)26(21)14-17-5-2-1-3-6-17/h1-8,13,19,27H,9-12,14-16H2. The summed E-state index contributed by atoms with van der Waals surface area (Å²) >= 11 is 1.54. The summed E-state index contributed by atoms with van der Waals surface area (Å²) < 4.78 is 7.47. The van der Waals surface area contributed by atoms with Crippen LogP contribution < -0.4 is 0 Å². The largest absolute Gasteiger partial charge is 0.391 e. The monoisotopic (exact) mass is 411 g/mol. The Kier molecular flexibility index (Phi) is 6.89. The van der Waals surface area contributed by atoms with E-state index in [9.17, 15) is 5.11 Å². The van der Waals surface area contributed by atoms with Crippen molar-refractivity contribution >= 4 is 11.8 Å². The van der Waals surface area contributed by atoms with Crippen molar-refractivity contribution in [2.24, 2.45) is 0 Å². The number of nitrogens with zero attached hydrogens (tertiary/aromatic N) is 5. The van der Waals surface area contributed by atoms with Crippen molar-refractivity contribution < 1.29 is 9.84 Å². The molecule has 4 rings (SSSR count). The van der Waals surface area contributed by atoms with Crippen LogP contribution >= 0.6 is 11.8 Å². The van der Waals surface area contributed by atoms with Gasteiger partial charge in [0.05, 0.1) is 25.9 Å². The summed E-state index contributed by atoms with van der Waals surface area (Å²) in [5.41, 5.74) is 2.10. The van der Waals surface area contributed by atoms with Gasteiger partial charge in [-0.15, -0.1) is 10.2 Å². The third-order valence-corrected chi connectivity index (χ3v) is 5.91. The smallest absolute Gasteiger partial charge is 0.191 e. The minimum Gasteiger partial charge on any atom is -0.391 e. The van der Waals surface area contributed by atoms with E-state index >= 15 is 0 Å². The van der Waals surface area contributed by atoms with Crippen LogP contribution in [0, 0.1) is 0 Å². The number of benzene rings is 1. The van der Waals surface area contributed by atoms with Crippen LogP contribution in [0.15, 0.2) is 60.0 Å². The highest BCUT2D eigenvalue weighted by Crippen LogP contribution is 2.25. The Bertz CT molecular complexity index is 885. The maximum atomic E-state index is 10.5. The van der Waals surface area contributed by atoms with Crippen molar-refractivity contribution in [3.63, 3.8) is 0 Å². The Morgan fingerprint density at radius 3 is 2.66 bits per heavy atom. The van der Waals surface area contributed by atoms with Crippen molar-refractivity contribution in [2.45, 2.75) is 17.8 Å². The van der Waals surface area contributed by atoms with E-state index in [2.05, 4.69) is 36.8 Å². The zero-order chi connectivity index (χ0) is 19.9. The summed E-state index contributed by atoms with van der Waals surface area (Å²) in [6.45, 7) is 4.53. The number of ether oxygens (including phenoxy) is 1. The molecule has 8 heteroatoms. The predicted molar refractivity (Wildman–Crippen MR) is 113 cm³/mol. The van der Waals surface area contributed by atoms with Crippen LogP contribution in [0.25, 0.3) is 11.4 Å². The second kappa shape index (κ2) is 9.98. The van der Waals surface area contributed by atoms with Gasteiger partial charge in [0.2, 0.25) is 0 Å². The van der Waals surface area contributed by atoms with E-state index in [1.54, 1.807) is 12.4 Å². The average Bonchev–Trinajstić information content (AvgIpc) is 3.17. The lowest BCUT2D eigenvalue weighted by Crippen LogP contribution is -2.41. The lowest BCUT2D eigenvalue weighted by molar-refractivity contribution is 0.0188. The molecule has 0 saturated carbocycles. The number of β-amino-alcohol motifs (C(OH)–C–C–N with tert-alkyl or cyclic N) is 1. The van der Waals surface area contributed by atoms with Crippen molar-refractivity contribution in [1.29, 1.82) is 0 Å². The third-order valence-electron chi connectivity index (χ3n) is 4.80. The normalized spacial score (nSPS) is 16.0. The van der Waals surface area contributed by atoms with E-state index in [1.807, 2.05) is 30.3 Å². The summed E-state index contributed by atoms with van der Waals surface area (Å²) in [6.07, 6.45) is 3.12. The zero-order valence-corrected chi connectivity index (χ0v) is 17.0. The molecular weight excluding hydrogens is 386 g/mol. The van der Waals surface area contributed by atoms with Crippen LogP contribution in [0.5, 0.6) is 0 Å². The summed E-state index contributed by atoms with van der Waals surface area (Å²) in [6, 6.07) is 14.1. The van der Waals surface area contributed by atoms with E-state index in [1.165, 1.54) is 17.3 Å². The molecular formula is C21H25N5O2S. The van der Waals surface area contributed by atoms with Crippen molar-refractivity contribution in [2.75, 3.05) is 38.6 Å². The fourth-order valence-electron chi connectivity index (χ4n) is 3.32. The lowest BCUT2D eigenvalue weighted by atomic mass is 10.2. The molecule has 1 atom stereocenters. The molecule has 0 radical (unpaired) electrons. The molecule has 1 aliphatic rings. The van der Waals surface area contributed by atoms with E-state index in [0.717, 1.165) is 42.8 Å². The number of rotatable bonds is 8. The van der Waals surface area contributed by atoms with Crippen molar-refractivity contribution in [1.82, 2.24) is 24.6 Å². The highest BCUT2D eigenvalue weighted by Gasteiger charge is 2.19. The Hall–Kier alpha value is -2.26. The highest BCUT2D eigenvalue weighted by molar-refractivity contribution is 7.99. The van der Waals surface area contributed by atoms with Gasteiger partial charge in [-0.1, -0.05) is 42.1 Å². The first-order valence-corrected chi connectivity index (χ1v) is 10.8. The van der Waals surface area contributed by atoms with E-state index in [4.69, 9.17) is 4.74 Å². The topological polar surface area (TPSA) is 76.3 Å². The van der Waals surface area contributed by atoms with E-state index < -0.39 is 6.10 Å². The fourth-order valence-corrected chi connectivity index (χ4v) is 4.17. The van der Waals surface area contributed by atoms with Gasteiger partial charge in [0.25, 0.3) is 0 Å². The molecule has 1 saturated heterocycles. The molecule has 1 unspecified atom stereocenters. The van der Waals surface area contributed by atoms with Crippen LogP contribution in [-0.4, -0.2) is 74.5 Å². The average molecular weight is 412 g/mol. The first-order chi connectivity index (χ1) is 14.3. The van der Waals surface area contributed by atoms with Gasteiger partial charge in [0.1, 0.15) is 0 Å². The van der Waals surface area contributed by atoms with Gasteiger partial charge in [-0.05, 0) is 17.7 Å². The third kappa shape index (κ3) is 5.42. The van der Waals surface area contributed by atoms with Gasteiger partial charge in [0.15, 0.2) is 11.0 Å². The van der Waals surface area contributed by atoms with Gasteiger partial charge < -0.3 is 9.84 Å². The molecule has 3 heterocycles. The molecule has 0 spiro atoms. The van der Waals surface area contributed by atoms with E-state index in [0.29, 0.717) is 18.8 Å². The lowest BCUT2D eigenvalue weighted by Gasteiger charge is -2.28. The molecule has 1 aliphatic heterocycles. The highest BCUT2D eigenvalue weighted by atomic mass is 32.2. The minimum absolute atomic E-state index is 0.429. The van der Waals surface area contributed by atoms with Gasteiger partial charge in [-0.25, -0.2) is 0 Å². The first kappa shape index (κ1) is 20.0. The fraction of sp³-hybridized carbons (Fsp3) is 0.381. The van der Waals surface area contributed by atoms with Gasteiger partial charge >= 0.3 is 0 Å². The van der Waals surface area contributed by atoms with E-state index in [-0.39, 0.29) is 0 Å². The van der Waals surface area contributed by atoms with Gasteiger partial charge in [-0.2, -0.15) is 0 Å². The Morgan fingerprint density at radius 2 is 1.90 bits per heavy atom. The molecule has 1 aromatic carbocycles. The predicted octanol–water partition coefficient (Wildman–Crippen LogP) is 2.17. The summed E-state index contributed by atoms with van der Waals surface area (Å²) in [4.78, 5) is 6.45. The summed E-state index contributed by atoms with van der Waals surface area (Å²) in [7, 11) is 0. The van der Waals surface area contributed by atoms with Crippen molar-refractivity contribution in [3.05, 3.63) is 60.4 Å². The van der Waals surface area contributed by atoms with Gasteiger partial charge in [0, 0.05) is 43.3 Å². The molecule has 3 aromatic rings. The Morgan fingerprint density at radius 1 is 1.07 bits per heavy atom. The molecule has 29 heavy (non-hydrogen) atoms. The van der Waals surface area contributed by atoms with Crippen LogP contribution in [0.1, 0.15) is 5.56 Å². The molecule has 7 nitrogen and oxygen atoms in total. The minimum atomic E-state index is -0.429. The molecule has 2 aromatic heterocycles. The van der Waals surface area contributed by atoms with Crippen LogP contribution in [0.4, 0.5) is 0 Å². The quantitative estimate of drug-likeness (QED) is 0.569. The van der Waals surface area contributed by atoms with Gasteiger partial charge in [-0.3, -0.25) is 14.5 Å². The SMILES string of the molecule is OC(CSc1nnc(-c2cccnc2)n1Cc1ccccc1)CN1CCOCC1. The maximum absolute atomic E-state index is 10.5. The number of pyridine rings is 1. The number of hydrogen-bond acceptors (Lipinski definition) is 7. The number of aliphatic hydroxyl groups is 1. The Labute approximate surface area is 174 Å². The summed E-state index contributed by atoms with van der Waals surface area (Å²) in [5, 5.41) is 20.1. The molecule has 0 bridgehead atoms. The van der Waals surface area contributed by atoms with Crippen molar-refractivity contribution in [3.8, 4) is 11.4 Å². The van der Waals surface area contributed by atoms with Crippen LogP contribution in [0.2, 0.25) is 0 Å². The second-order valence-corrected chi connectivity index (χ2v) is 7.98. The molecule has 0 aliphatic carbocycles. The second-order valence-electron chi connectivity index (χ2n) is 7.00. The molecule has 0 amide bonds. The molecule has 1 fully saturated rings. The van der Waals surface area contributed by atoms with Crippen LogP contribution in [-0.2, 0) is 11.3 Å².